The molecule has 6 fully saturated rings. The van der Waals surface area contributed by atoms with Gasteiger partial charge in [-0.3, -0.25) is 19.2 Å². The first kappa shape index (κ1) is 27.6. The van der Waals surface area contributed by atoms with Crippen molar-refractivity contribution in [1.29, 1.82) is 0 Å². The average Bonchev–Trinajstić information content (AvgIpc) is 3.76. The molecule has 0 N–H and O–H groups in total. The summed E-state index contributed by atoms with van der Waals surface area (Å²) in [5.41, 5.74) is 0.676. The van der Waals surface area contributed by atoms with Crippen molar-refractivity contribution in [2.45, 2.75) is 103 Å². The van der Waals surface area contributed by atoms with Gasteiger partial charge in [-0.05, 0) is 87.5 Å². The fraction of sp³-hybridized carbons (Fsp3) is 0.735. The predicted molar refractivity (Wildman–Crippen MR) is 152 cm³/mol. The molecule has 2 heterocycles. The van der Waals surface area contributed by atoms with Crippen LogP contribution < -0.4 is 0 Å². The van der Waals surface area contributed by atoms with E-state index in [4.69, 9.17) is 14.2 Å². The highest BCUT2D eigenvalue weighted by Crippen LogP contribution is 2.68. The van der Waals surface area contributed by atoms with Gasteiger partial charge in [0.15, 0.2) is 5.78 Å². The smallest absolute Gasteiger partial charge is 0.326 e. The highest BCUT2D eigenvalue weighted by molar-refractivity contribution is 5.91. The lowest BCUT2D eigenvalue weighted by Crippen LogP contribution is -2.55. The van der Waals surface area contributed by atoms with E-state index in [1.54, 1.807) is 23.3 Å². The minimum Gasteiger partial charge on any atom is -0.459 e. The maximum atomic E-state index is 14.2. The molecule has 0 amide bonds. The van der Waals surface area contributed by atoms with Crippen LogP contribution in [0.25, 0.3) is 0 Å². The second kappa shape index (κ2) is 9.27. The summed E-state index contributed by atoms with van der Waals surface area (Å²) in [4.78, 5) is 56.2. The van der Waals surface area contributed by atoms with Crippen LogP contribution in [0.3, 0.4) is 0 Å². The highest BCUT2D eigenvalue weighted by atomic mass is 16.6. The van der Waals surface area contributed by atoms with Crippen LogP contribution in [0.5, 0.6) is 0 Å². The van der Waals surface area contributed by atoms with E-state index in [1.807, 2.05) is 6.08 Å². The van der Waals surface area contributed by atoms with Gasteiger partial charge in [0.1, 0.15) is 24.4 Å². The van der Waals surface area contributed by atoms with Gasteiger partial charge >= 0.3 is 17.9 Å². The Hall–Kier alpha value is -2.97. The third-order valence-corrected chi connectivity index (χ3v) is 13.8. The molecular weight excluding hydrogens is 548 g/mol. The second-order valence-corrected chi connectivity index (χ2v) is 15.3. The van der Waals surface area contributed by atoms with Crippen molar-refractivity contribution in [3.63, 3.8) is 0 Å². The minimum absolute atomic E-state index is 0.0136. The number of fused-ring (bicyclic) bond motifs is 6. The van der Waals surface area contributed by atoms with E-state index in [-0.39, 0.29) is 46.9 Å². The minimum atomic E-state index is -0.654. The molecule has 8 unspecified atom stereocenters. The van der Waals surface area contributed by atoms with Gasteiger partial charge in [0.05, 0.1) is 18.2 Å². The van der Waals surface area contributed by atoms with Gasteiger partial charge in [-0.15, -0.1) is 0 Å². The van der Waals surface area contributed by atoms with E-state index in [0.717, 1.165) is 44.9 Å². The Balaban J connectivity index is 1.01. The van der Waals surface area contributed by atoms with Crippen LogP contribution in [-0.2, 0) is 39.9 Å². The van der Waals surface area contributed by atoms with Crippen LogP contribution in [-0.4, -0.2) is 51.1 Å². The number of hydrogen-bond donors (Lipinski definition) is 0. The van der Waals surface area contributed by atoms with Crippen LogP contribution in [0.15, 0.2) is 30.4 Å². The molecule has 1 aliphatic heterocycles. The van der Waals surface area contributed by atoms with Crippen molar-refractivity contribution < 1.29 is 33.4 Å². The van der Waals surface area contributed by atoms with Gasteiger partial charge < -0.3 is 18.8 Å². The Morgan fingerprint density at radius 1 is 1.02 bits per heavy atom. The predicted octanol–water partition coefficient (Wildman–Crippen LogP) is 4.44. The Labute approximate surface area is 252 Å². The molecule has 5 saturated carbocycles. The molecule has 0 radical (unpaired) electrons. The number of aromatic nitrogens is 2. The number of ketones is 1. The normalized spacial score (nSPS) is 47.3. The van der Waals surface area contributed by atoms with Gasteiger partial charge in [0, 0.05) is 36.1 Å². The summed E-state index contributed by atoms with van der Waals surface area (Å²) in [6.07, 6.45) is 13.9. The first-order valence-corrected chi connectivity index (χ1v) is 16.3. The van der Waals surface area contributed by atoms with Crippen LogP contribution in [0.4, 0.5) is 0 Å². The molecule has 1 aromatic rings. The van der Waals surface area contributed by atoms with Gasteiger partial charge in [0.2, 0.25) is 0 Å². The Morgan fingerprint density at radius 3 is 2.63 bits per heavy atom. The quantitative estimate of drug-likeness (QED) is 0.366. The van der Waals surface area contributed by atoms with Crippen LogP contribution in [0, 0.1) is 52.3 Å². The second-order valence-electron chi connectivity index (χ2n) is 15.3. The molecule has 9 heteroatoms. The molecule has 7 aliphatic rings. The van der Waals surface area contributed by atoms with Crippen molar-refractivity contribution in [3.05, 3.63) is 30.4 Å². The molecule has 8 rings (SSSR count). The number of ether oxygens (including phenoxy) is 3. The maximum absolute atomic E-state index is 14.2. The molecule has 230 valence electrons. The van der Waals surface area contributed by atoms with Crippen LogP contribution in [0.2, 0.25) is 0 Å². The maximum Gasteiger partial charge on any atom is 0.326 e. The number of hydrogen-bond acceptors (Lipinski definition) is 8. The zero-order valence-corrected chi connectivity index (χ0v) is 25.3. The summed E-state index contributed by atoms with van der Waals surface area (Å²) in [6, 6.07) is 0. The first-order chi connectivity index (χ1) is 20.5. The van der Waals surface area contributed by atoms with Gasteiger partial charge in [-0.25, -0.2) is 4.98 Å². The molecule has 0 spiro atoms. The summed E-state index contributed by atoms with van der Waals surface area (Å²) >= 11 is 0. The number of carbonyl (C=O) groups excluding carboxylic acids is 4. The Bertz CT molecular complexity index is 1420. The molecule has 1 saturated heterocycles. The standard InChI is InChI=1S/C34H42N2O7/c1-32-9-6-19(37)14-18(32)4-5-20-23(32)7-10-33(2)24(20)8-11-34(33,3)43-31(40)27-22-15-21-26(27)30(39)42-29(21)28(22)41-25(38)16-36-13-12-35-17-36/h12-14,17,20-24,26-29H,4-11,15-16H2,1-3H3/t20?,21?,22?,23-,24-,26?,27?,28?,29?,32-,33-,34?/m0/s1. The summed E-state index contributed by atoms with van der Waals surface area (Å²) in [5, 5.41) is 0. The number of carbonyl (C=O) groups is 4. The Morgan fingerprint density at radius 2 is 1.84 bits per heavy atom. The van der Waals surface area contributed by atoms with Gasteiger partial charge in [-0.2, -0.15) is 0 Å². The molecule has 0 aromatic carbocycles. The molecule has 6 aliphatic carbocycles. The first-order valence-electron chi connectivity index (χ1n) is 16.3. The van der Waals surface area contributed by atoms with Crippen LogP contribution >= 0.6 is 0 Å². The molecule has 43 heavy (non-hydrogen) atoms. The summed E-state index contributed by atoms with van der Waals surface area (Å²) in [5.74, 6) is -0.852. The van der Waals surface area contributed by atoms with Crippen molar-refractivity contribution >= 4 is 23.7 Å². The van der Waals surface area contributed by atoms with E-state index < -0.39 is 35.6 Å². The third kappa shape index (κ3) is 3.78. The summed E-state index contributed by atoms with van der Waals surface area (Å²) in [7, 11) is 0. The van der Waals surface area contributed by atoms with E-state index in [1.165, 1.54) is 5.57 Å². The zero-order chi connectivity index (χ0) is 29.9. The average molecular weight is 591 g/mol. The highest BCUT2D eigenvalue weighted by Gasteiger charge is 2.71. The Kier molecular flexibility index (Phi) is 5.94. The molecule has 2 bridgehead atoms. The third-order valence-electron chi connectivity index (χ3n) is 13.8. The number of imidazole rings is 1. The lowest BCUT2D eigenvalue weighted by atomic mass is 9.46. The fourth-order valence-corrected chi connectivity index (χ4v) is 11.4. The van der Waals surface area contributed by atoms with E-state index in [2.05, 4.69) is 25.8 Å². The van der Waals surface area contributed by atoms with Crippen molar-refractivity contribution in [3.8, 4) is 0 Å². The van der Waals surface area contributed by atoms with Crippen molar-refractivity contribution in [1.82, 2.24) is 9.55 Å². The molecular formula is C34H42N2O7. The topological polar surface area (TPSA) is 114 Å². The number of esters is 3. The lowest BCUT2D eigenvalue weighted by molar-refractivity contribution is -0.191. The zero-order valence-electron chi connectivity index (χ0n) is 25.3. The molecule has 12 atom stereocenters. The monoisotopic (exact) mass is 590 g/mol. The van der Waals surface area contributed by atoms with Crippen molar-refractivity contribution in [2.75, 3.05) is 0 Å². The number of nitrogens with zero attached hydrogens (tertiary/aromatic N) is 2. The largest absolute Gasteiger partial charge is 0.459 e. The lowest BCUT2D eigenvalue weighted by Gasteiger charge is -2.59. The molecule has 9 nitrogen and oxygen atoms in total. The van der Waals surface area contributed by atoms with Gasteiger partial charge in [-0.1, -0.05) is 19.4 Å². The van der Waals surface area contributed by atoms with Crippen molar-refractivity contribution in [2.24, 2.45) is 52.3 Å². The van der Waals surface area contributed by atoms with E-state index in [9.17, 15) is 19.2 Å². The fourth-order valence-electron chi connectivity index (χ4n) is 11.4. The van der Waals surface area contributed by atoms with Gasteiger partial charge in [0.25, 0.3) is 0 Å². The van der Waals surface area contributed by atoms with Crippen LogP contribution in [0.1, 0.15) is 78.6 Å². The summed E-state index contributed by atoms with van der Waals surface area (Å²) in [6.45, 7) is 6.85. The molecule has 1 aromatic heterocycles. The number of allylic oxidation sites excluding steroid dienone is 1. The SMILES string of the molecule is CC1(OC(=O)C2C3CC4C(OC(=O)C42)C3OC(=O)Cn2ccnc2)CC[C@H]2C3CCC4=CC(=O)CC[C@]4(C)[C@H]3CC[C@@]21C. The summed E-state index contributed by atoms with van der Waals surface area (Å²) < 4.78 is 19.9. The van der Waals surface area contributed by atoms with E-state index in [0.29, 0.717) is 30.6 Å². The van der Waals surface area contributed by atoms with E-state index >= 15 is 0 Å². The number of rotatable bonds is 5.